The van der Waals surface area contributed by atoms with Crippen molar-refractivity contribution in [1.82, 2.24) is 9.97 Å². The number of hydrogen-bond acceptors (Lipinski definition) is 9. The molecule has 1 aromatic heterocycles. The van der Waals surface area contributed by atoms with E-state index in [0.29, 0.717) is 11.4 Å². The molecule has 200 valence electrons. The van der Waals surface area contributed by atoms with E-state index in [-0.39, 0.29) is 10.6 Å². The number of anilines is 3. The molecular weight excluding hydrogens is 500 g/mol. The lowest BCUT2D eigenvalue weighted by Gasteiger charge is -2.31. The van der Waals surface area contributed by atoms with E-state index in [4.69, 9.17) is 14.2 Å². The average Bonchev–Trinajstić information content (AvgIpc) is 2.94. The third kappa shape index (κ3) is 6.61. The van der Waals surface area contributed by atoms with Gasteiger partial charge in [0.1, 0.15) is 16.5 Å². The lowest BCUT2D eigenvalue weighted by molar-refractivity contribution is 0.486. The van der Waals surface area contributed by atoms with Crippen LogP contribution in [0.25, 0.3) is 0 Å². The Kier molecular flexibility index (Phi) is 8.07. The van der Waals surface area contributed by atoms with Crippen LogP contribution >= 0.6 is 0 Å². The lowest BCUT2D eigenvalue weighted by Crippen LogP contribution is -2.33. The van der Waals surface area contributed by atoms with E-state index < -0.39 is 10.1 Å². The van der Waals surface area contributed by atoms with Gasteiger partial charge in [-0.3, -0.25) is 5.43 Å². The minimum Gasteiger partial charge on any atom is -0.379 e. The highest BCUT2D eigenvalue weighted by Crippen LogP contribution is 2.25. The molecule has 1 N–H and O–H groups in total. The summed E-state index contributed by atoms with van der Waals surface area (Å²) >= 11 is 0. The molecule has 3 heterocycles. The van der Waals surface area contributed by atoms with Gasteiger partial charge >= 0.3 is 10.1 Å². The summed E-state index contributed by atoms with van der Waals surface area (Å²) in [6, 6.07) is 15.3. The number of nitrogens with one attached hydrogen (secondary N) is 1. The molecule has 0 saturated carbocycles. The molecule has 2 saturated heterocycles. The van der Waals surface area contributed by atoms with E-state index in [1.807, 2.05) is 19.1 Å². The zero-order chi connectivity index (χ0) is 26.4. The maximum atomic E-state index is 12.7. The van der Waals surface area contributed by atoms with Crippen LogP contribution in [0.5, 0.6) is 5.75 Å². The molecule has 2 aliphatic heterocycles. The second kappa shape index (κ2) is 11.8. The number of rotatable bonds is 8. The van der Waals surface area contributed by atoms with E-state index in [0.717, 1.165) is 56.4 Å². The minimum atomic E-state index is -3.93. The van der Waals surface area contributed by atoms with Gasteiger partial charge in [-0.05, 0) is 75.3 Å². The smallest absolute Gasteiger partial charge is 0.339 e. The van der Waals surface area contributed by atoms with Crippen LogP contribution in [0, 0.1) is 6.92 Å². The van der Waals surface area contributed by atoms with Crippen LogP contribution < -0.4 is 19.4 Å². The Morgan fingerprint density at radius 2 is 1.55 bits per heavy atom. The van der Waals surface area contributed by atoms with E-state index in [2.05, 4.69) is 20.3 Å². The van der Waals surface area contributed by atoms with Gasteiger partial charge in [-0.15, -0.1) is 0 Å². The van der Waals surface area contributed by atoms with Gasteiger partial charge in [0, 0.05) is 32.2 Å². The summed E-state index contributed by atoms with van der Waals surface area (Å²) in [4.78, 5) is 14.3. The van der Waals surface area contributed by atoms with E-state index >= 15 is 0 Å². The van der Waals surface area contributed by atoms with Gasteiger partial charge < -0.3 is 14.0 Å². The van der Waals surface area contributed by atoms with Gasteiger partial charge in [-0.2, -0.15) is 23.5 Å². The van der Waals surface area contributed by atoms with Crippen LogP contribution in [0.15, 0.2) is 64.6 Å². The van der Waals surface area contributed by atoms with Crippen molar-refractivity contribution >= 4 is 33.9 Å². The third-order valence-corrected chi connectivity index (χ3v) is 8.05. The van der Waals surface area contributed by atoms with Crippen molar-refractivity contribution in [3.63, 3.8) is 0 Å². The maximum absolute atomic E-state index is 12.7. The van der Waals surface area contributed by atoms with Crippen molar-refractivity contribution in [3.05, 3.63) is 65.7 Å². The fourth-order valence-corrected chi connectivity index (χ4v) is 5.62. The van der Waals surface area contributed by atoms with Crippen LogP contribution in [0.3, 0.4) is 0 Å². The number of benzene rings is 2. The predicted octanol–water partition coefficient (Wildman–Crippen LogP) is 4.98. The first-order valence-electron chi connectivity index (χ1n) is 13.3. The summed E-state index contributed by atoms with van der Waals surface area (Å²) in [6.45, 7) is 5.82. The number of hydrogen-bond donors (Lipinski definition) is 1. The van der Waals surface area contributed by atoms with Gasteiger partial charge in [0.15, 0.2) is 5.82 Å². The Hall–Kier alpha value is -3.66. The van der Waals surface area contributed by atoms with Crippen LogP contribution in [0.4, 0.5) is 17.6 Å². The second-order valence-corrected chi connectivity index (χ2v) is 11.3. The molecule has 0 atom stereocenters. The van der Waals surface area contributed by atoms with E-state index in [1.165, 1.54) is 37.8 Å². The zero-order valence-corrected chi connectivity index (χ0v) is 22.5. The molecule has 2 aromatic carbocycles. The van der Waals surface area contributed by atoms with Crippen molar-refractivity contribution in [2.75, 3.05) is 41.4 Å². The van der Waals surface area contributed by atoms with Gasteiger partial charge in [0.2, 0.25) is 5.95 Å². The predicted molar refractivity (Wildman–Crippen MR) is 151 cm³/mol. The third-order valence-electron chi connectivity index (χ3n) is 6.79. The first-order valence-corrected chi connectivity index (χ1v) is 14.7. The summed E-state index contributed by atoms with van der Waals surface area (Å²) in [6.07, 6.45) is 8.75. The van der Waals surface area contributed by atoms with Crippen molar-refractivity contribution in [2.24, 2.45) is 5.10 Å². The quantitative estimate of drug-likeness (QED) is 0.245. The molecule has 0 radical (unpaired) electrons. The molecule has 0 unspecified atom stereocenters. The van der Waals surface area contributed by atoms with E-state index in [1.54, 1.807) is 36.5 Å². The highest BCUT2D eigenvalue weighted by molar-refractivity contribution is 7.87. The normalized spacial score (nSPS) is 16.6. The molecule has 5 rings (SSSR count). The van der Waals surface area contributed by atoms with Crippen molar-refractivity contribution in [3.8, 4) is 5.75 Å². The first-order chi connectivity index (χ1) is 18.5. The topological polar surface area (TPSA) is 100 Å². The molecule has 10 heteroatoms. The van der Waals surface area contributed by atoms with Crippen LogP contribution in [0.1, 0.15) is 49.7 Å². The van der Waals surface area contributed by atoms with Gasteiger partial charge in [0.05, 0.1) is 6.21 Å². The SMILES string of the molecule is Cc1ccc(S(=O)(=O)Oc2cccc(/C=N\Nc3cc(N4CCCCC4)nc(N4CCCCC4)n3)c2)cc1. The Bertz CT molecular complexity index is 1330. The highest BCUT2D eigenvalue weighted by atomic mass is 32.2. The van der Waals surface area contributed by atoms with Crippen LogP contribution in [0.2, 0.25) is 0 Å². The molecule has 0 amide bonds. The van der Waals surface area contributed by atoms with Crippen molar-refractivity contribution in [1.29, 1.82) is 0 Å². The second-order valence-electron chi connectivity index (χ2n) is 9.80. The van der Waals surface area contributed by atoms with Gasteiger partial charge in [0.25, 0.3) is 0 Å². The fraction of sp³-hybridized carbons (Fsp3) is 0.393. The molecule has 2 aliphatic rings. The summed E-state index contributed by atoms with van der Waals surface area (Å²) in [7, 11) is -3.93. The summed E-state index contributed by atoms with van der Waals surface area (Å²) in [5.41, 5.74) is 4.72. The standard InChI is InChI=1S/C28H34N6O3S/c1-22-11-13-25(14-12-22)38(35,36)37-24-10-8-9-23(19-24)21-29-32-26-20-27(33-15-4-2-5-16-33)31-28(30-26)34-17-6-3-7-18-34/h8-14,19-21H,2-7,15-18H2,1H3,(H,30,31,32)/b29-21-. The molecular formula is C28H34N6O3S. The largest absolute Gasteiger partial charge is 0.379 e. The molecule has 3 aromatic rings. The van der Waals surface area contributed by atoms with Gasteiger partial charge in [-0.1, -0.05) is 29.8 Å². The Labute approximate surface area is 224 Å². The Morgan fingerprint density at radius 1 is 0.868 bits per heavy atom. The molecule has 9 nitrogen and oxygen atoms in total. The number of nitrogens with zero attached hydrogens (tertiary/aromatic N) is 5. The molecule has 2 fully saturated rings. The van der Waals surface area contributed by atoms with E-state index in [9.17, 15) is 8.42 Å². The van der Waals surface area contributed by atoms with Crippen LogP contribution in [-0.2, 0) is 10.1 Å². The first kappa shape index (κ1) is 26.0. The Balaban J connectivity index is 1.31. The summed E-state index contributed by atoms with van der Waals surface area (Å²) < 4.78 is 30.7. The average molecular weight is 535 g/mol. The zero-order valence-electron chi connectivity index (χ0n) is 21.7. The molecule has 38 heavy (non-hydrogen) atoms. The molecule has 0 spiro atoms. The Morgan fingerprint density at radius 3 is 2.26 bits per heavy atom. The number of aryl methyl sites for hydroxylation is 1. The summed E-state index contributed by atoms with van der Waals surface area (Å²) in [5.74, 6) is 2.51. The lowest BCUT2D eigenvalue weighted by atomic mass is 10.1. The molecule has 0 aliphatic carbocycles. The van der Waals surface area contributed by atoms with Crippen LogP contribution in [-0.4, -0.2) is 50.8 Å². The molecule has 0 bridgehead atoms. The number of piperidine rings is 2. The fourth-order valence-electron chi connectivity index (χ4n) is 4.70. The summed E-state index contributed by atoms with van der Waals surface area (Å²) in [5, 5.41) is 4.38. The maximum Gasteiger partial charge on any atom is 0.339 e. The van der Waals surface area contributed by atoms with Crippen molar-refractivity contribution in [2.45, 2.75) is 50.3 Å². The van der Waals surface area contributed by atoms with Crippen molar-refractivity contribution < 1.29 is 12.6 Å². The monoisotopic (exact) mass is 534 g/mol. The minimum absolute atomic E-state index is 0.113. The number of aromatic nitrogens is 2. The number of hydrazone groups is 1. The highest BCUT2D eigenvalue weighted by Gasteiger charge is 2.19. The van der Waals surface area contributed by atoms with Gasteiger partial charge in [-0.25, -0.2) is 0 Å².